The van der Waals surface area contributed by atoms with Crippen molar-refractivity contribution in [3.8, 4) is 0 Å². The van der Waals surface area contributed by atoms with E-state index in [9.17, 15) is 14.0 Å². The normalized spacial score (nSPS) is 18.5. The Balaban J connectivity index is 1.16. The summed E-state index contributed by atoms with van der Waals surface area (Å²) in [6, 6.07) is 16.8. The monoisotopic (exact) mass is 564 g/mol. The molecule has 1 atom stereocenters. The molecule has 0 unspecified atom stereocenters. The van der Waals surface area contributed by atoms with E-state index >= 15 is 0 Å². The number of nitrogens with zero attached hydrogens (tertiary/aromatic N) is 3. The van der Waals surface area contributed by atoms with Gasteiger partial charge in [0, 0.05) is 50.9 Å². The SMILES string of the molecule is CC(=O)N1CC=C(c2cncc(C(=O)N[C@H](C)c3ccc(C(=C4CC5(C4)CN(C)C5)c4ccc(F)cc4)cc3)c2)CC1. The molecular formula is C35H37FN4O2. The Hall–Kier alpha value is -4.10. The van der Waals surface area contributed by atoms with Crippen LogP contribution in [0.2, 0.25) is 0 Å². The zero-order valence-corrected chi connectivity index (χ0v) is 24.5. The van der Waals surface area contributed by atoms with Crippen LogP contribution in [0.4, 0.5) is 4.39 Å². The number of halogens is 1. The van der Waals surface area contributed by atoms with Crippen LogP contribution in [-0.2, 0) is 4.79 Å². The smallest absolute Gasteiger partial charge is 0.253 e. The first-order valence-electron chi connectivity index (χ1n) is 14.7. The Morgan fingerprint density at radius 1 is 0.976 bits per heavy atom. The number of rotatable bonds is 6. The first-order chi connectivity index (χ1) is 20.2. The number of pyridine rings is 1. The Labute approximate surface area is 246 Å². The van der Waals surface area contributed by atoms with E-state index in [1.165, 1.54) is 23.3 Å². The molecule has 2 aliphatic heterocycles. The van der Waals surface area contributed by atoms with Crippen LogP contribution in [0.15, 0.2) is 78.6 Å². The first-order valence-corrected chi connectivity index (χ1v) is 14.7. The van der Waals surface area contributed by atoms with Gasteiger partial charge in [0.15, 0.2) is 0 Å². The summed E-state index contributed by atoms with van der Waals surface area (Å²) in [6.07, 6.45) is 8.30. The second-order valence-electron chi connectivity index (χ2n) is 12.2. The van der Waals surface area contributed by atoms with Crippen LogP contribution >= 0.6 is 0 Å². The molecule has 1 saturated carbocycles. The number of hydrogen-bond donors (Lipinski definition) is 1. The van der Waals surface area contributed by atoms with Gasteiger partial charge in [0.05, 0.1) is 11.6 Å². The summed E-state index contributed by atoms with van der Waals surface area (Å²) in [5.74, 6) is -0.341. The van der Waals surface area contributed by atoms with Gasteiger partial charge < -0.3 is 15.1 Å². The number of benzene rings is 2. The molecule has 2 aromatic carbocycles. The van der Waals surface area contributed by atoms with Gasteiger partial charge in [0.1, 0.15) is 5.82 Å². The van der Waals surface area contributed by atoms with Crippen LogP contribution in [0.5, 0.6) is 0 Å². The molecule has 6 rings (SSSR count). The van der Waals surface area contributed by atoms with Crippen LogP contribution in [0.3, 0.4) is 0 Å². The number of nitrogens with one attached hydrogen (secondary N) is 1. The van der Waals surface area contributed by atoms with Crippen molar-refractivity contribution in [2.24, 2.45) is 5.41 Å². The number of hydrogen-bond acceptors (Lipinski definition) is 4. The van der Waals surface area contributed by atoms with Crippen molar-refractivity contribution >= 4 is 23.0 Å². The van der Waals surface area contributed by atoms with Crippen molar-refractivity contribution in [2.75, 3.05) is 33.2 Å². The molecule has 3 heterocycles. The summed E-state index contributed by atoms with van der Waals surface area (Å²) < 4.78 is 13.7. The Bertz CT molecular complexity index is 1560. The summed E-state index contributed by atoms with van der Waals surface area (Å²) in [5.41, 5.74) is 8.71. The molecule has 3 aromatic rings. The first kappa shape index (κ1) is 28.0. The summed E-state index contributed by atoms with van der Waals surface area (Å²) in [4.78, 5) is 33.3. The largest absolute Gasteiger partial charge is 0.345 e. The van der Waals surface area contributed by atoms with Crippen molar-refractivity contribution in [2.45, 2.75) is 39.2 Å². The van der Waals surface area contributed by atoms with E-state index in [4.69, 9.17) is 0 Å². The highest BCUT2D eigenvalue weighted by Gasteiger charge is 2.49. The van der Waals surface area contributed by atoms with E-state index in [-0.39, 0.29) is 23.7 Å². The molecular weight excluding hydrogens is 527 g/mol. The Morgan fingerprint density at radius 2 is 1.64 bits per heavy atom. The zero-order chi connectivity index (χ0) is 29.4. The maximum absolute atomic E-state index is 13.7. The highest BCUT2D eigenvalue weighted by molar-refractivity contribution is 5.95. The molecule has 1 spiro atoms. The lowest BCUT2D eigenvalue weighted by molar-refractivity contribution is -0.128. The van der Waals surface area contributed by atoms with Gasteiger partial charge in [-0.3, -0.25) is 14.6 Å². The summed E-state index contributed by atoms with van der Waals surface area (Å²) in [5, 5.41) is 3.12. The minimum atomic E-state index is -0.232. The highest BCUT2D eigenvalue weighted by Crippen LogP contribution is 2.54. The third-order valence-corrected chi connectivity index (χ3v) is 8.95. The molecule has 7 heteroatoms. The van der Waals surface area contributed by atoms with Crippen molar-refractivity contribution in [3.05, 3.63) is 112 Å². The maximum Gasteiger partial charge on any atom is 0.253 e. The fourth-order valence-corrected chi connectivity index (χ4v) is 6.80. The van der Waals surface area contributed by atoms with Crippen LogP contribution in [0, 0.1) is 11.2 Å². The van der Waals surface area contributed by atoms with Gasteiger partial charge in [-0.25, -0.2) is 4.39 Å². The van der Waals surface area contributed by atoms with E-state index in [1.807, 2.05) is 31.2 Å². The summed E-state index contributed by atoms with van der Waals surface area (Å²) >= 11 is 0. The van der Waals surface area contributed by atoms with Gasteiger partial charge >= 0.3 is 0 Å². The predicted molar refractivity (Wildman–Crippen MR) is 163 cm³/mol. The number of carbonyl (C=O) groups excluding carboxylic acids is 2. The molecule has 1 aliphatic carbocycles. The Kier molecular flexibility index (Phi) is 7.54. The van der Waals surface area contributed by atoms with E-state index in [0.717, 1.165) is 60.2 Å². The lowest BCUT2D eigenvalue weighted by atomic mass is 9.59. The van der Waals surface area contributed by atoms with E-state index in [0.29, 0.717) is 24.1 Å². The minimum absolute atomic E-state index is 0.0695. The average molecular weight is 565 g/mol. The highest BCUT2D eigenvalue weighted by atomic mass is 19.1. The number of aromatic nitrogens is 1. The molecule has 1 saturated heterocycles. The molecule has 0 bridgehead atoms. The average Bonchev–Trinajstić information content (AvgIpc) is 2.96. The van der Waals surface area contributed by atoms with Crippen LogP contribution in [0.1, 0.15) is 71.8 Å². The van der Waals surface area contributed by atoms with Crippen molar-refractivity contribution in [3.63, 3.8) is 0 Å². The predicted octanol–water partition coefficient (Wildman–Crippen LogP) is 5.87. The second-order valence-corrected chi connectivity index (χ2v) is 12.2. The third kappa shape index (κ3) is 5.66. The summed E-state index contributed by atoms with van der Waals surface area (Å²) in [7, 11) is 2.16. The van der Waals surface area contributed by atoms with E-state index in [1.54, 1.807) is 24.2 Å². The number of likely N-dealkylation sites (tertiary alicyclic amines) is 1. The number of allylic oxidation sites excluding steroid dienone is 1. The number of amides is 2. The van der Waals surface area contributed by atoms with Crippen molar-refractivity contribution < 1.29 is 14.0 Å². The maximum atomic E-state index is 13.7. The lowest BCUT2D eigenvalue weighted by Gasteiger charge is -2.56. The third-order valence-electron chi connectivity index (χ3n) is 8.95. The van der Waals surface area contributed by atoms with Crippen LogP contribution in [-0.4, -0.2) is 59.8 Å². The van der Waals surface area contributed by atoms with Gasteiger partial charge in [-0.2, -0.15) is 0 Å². The molecule has 2 amide bonds. The molecule has 6 nitrogen and oxygen atoms in total. The number of carbonyl (C=O) groups is 2. The fraction of sp³-hybridized carbons (Fsp3) is 0.343. The van der Waals surface area contributed by atoms with Crippen molar-refractivity contribution in [1.29, 1.82) is 0 Å². The summed E-state index contributed by atoms with van der Waals surface area (Å²) in [6.45, 7) is 7.08. The molecule has 1 aromatic heterocycles. The van der Waals surface area contributed by atoms with Crippen LogP contribution < -0.4 is 5.32 Å². The molecule has 3 aliphatic rings. The van der Waals surface area contributed by atoms with E-state index in [2.05, 4.69) is 46.5 Å². The Morgan fingerprint density at radius 3 is 2.24 bits per heavy atom. The van der Waals surface area contributed by atoms with Crippen molar-refractivity contribution in [1.82, 2.24) is 20.1 Å². The van der Waals surface area contributed by atoms with E-state index < -0.39 is 0 Å². The van der Waals surface area contributed by atoms with Gasteiger partial charge in [0.25, 0.3) is 5.91 Å². The molecule has 1 N–H and O–H groups in total. The lowest BCUT2D eigenvalue weighted by Crippen LogP contribution is -2.58. The van der Waals surface area contributed by atoms with Gasteiger partial charge in [-0.1, -0.05) is 48.0 Å². The van der Waals surface area contributed by atoms with Gasteiger partial charge in [-0.05, 0) is 84.8 Å². The molecule has 0 radical (unpaired) electrons. The zero-order valence-electron chi connectivity index (χ0n) is 24.5. The topological polar surface area (TPSA) is 65.5 Å². The second kappa shape index (κ2) is 11.3. The molecule has 42 heavy (non-hydrogen) atoms. The quantitative estimate of drug-likeness (QED) is 0.407. The molecule has 2 fully saturated rings. The van der Waals surface area contributed by atoms with Gasteiger partial charge in [-0.15, -0.1) is 0 Å². The minimum Gasteiger partial charge on any atom is -0.345 e. The standard InChI is InChI=1S/C35H37FN4O2/c1-23(38-34(42)30-16-29(19-37-20-30)26-12-14-40(15-13-26)24(2)41)25-4-6-27(7-5-25)33(28-8-10-32(36)11-9-28)31-17-35(18-31)21-39(3)22-35/h4-12,16,19-20,23H,13-15,17-18,21-22H2,1-3H3,(H,38,42)/t23-/m1/s1. The fourth-order valence-electron chi connectivity index (χ4n) is 6.80. The molecule has 216 valence electrons. The van der Waals surface area contributed by atoms with Gasteiger partial charge in [0.2, 0.25) is 5.91 Å². The van der Waals surface area contributed by atoms with Crippen LogP contribution in [0.25, 0.3) is 11.1 Å².